The largest absolute Gasteiger partial charge is 0.395 e. The van der Waals surface area contributed by atoms with Gasteiger partial charge in [0.05, 0.1) is 17.9 Å². The molecule has 92 valence electrons. The van der Waals surface area contributed by atoms with E-state index in [0.717, 1.165) is 6.07 Å². The maximum atomic E-state index is 13.4. The highest BCUT2D eigenvalue weighted by atomic mass is 32.2. The molecule has 0 fully saturated rings. The summed E-state index contributed by atoms with van der Waals surface area (Å²) < 4.78 is 36.7. The average Bonchev–Trinajstić information content (AvgIpc) is 2.19. The molecule has 0 spiro atoms. The predicted octanol–water partition coefficient (Wildman–Crippen LogP) is 0.175. The van der Waals surface area contributed by atoms with E-state index in [0.29, 0.717) is 0 Å². The number of nitrogens with two attached hydrogens (primary N) is 1. The molecule has 0 bridgehead atoms. The second kappa shape index (κ2) is 5.63. The molecule has 1 aromatic carbocycles. The fraction of sp³-hybridized carbons (Fsp3) is 0.200. The Bertz CT molecular complexity index is 561. The lowest BCUT2D eigenvalue weighted by Gasteiger charge is -2.03. The summed E-state index contributed by atoms with van der Waals surface area (Å²) in [6.45, 7) is -0.0975. The smallest absolute Gasteiger partial charge is 0.296 e. The van der Waals surface area contributed by atoms with Crippen LogP contribution in [0.3, 0.4) is 0 Å². The zero-order chi connectivity index (χ0) is 12.9. The molecule has 0 saturated heterocycles. The molecule has 0 saturated carbocycles. The minimum atomic E-state index is -3.91. The van der Waals surface area contributed by atoms with Crippen molar-refractivity contribution >= 4 is 15.9 Å². The number of aliphatic hydroxyl groups excluding tert-OH is 1. The highest BCUT2D eigenvalue weighted by Gasteiger charge is 2.05. The number of rotatable bonds is 3. The van der Waals surface area contributed by atoms with E-state index in [1.54, 1.807) is 0 Å². The molecule has 0 aliphatic carbocycles. The topological polar surface area (TPSA) is 92.4 Å². The van der Waals surface area contributed by atoms with Gasteiger partial charge in [0.2, 0.25) is 0 Å². The van der Waals surface area contributed by atoms with Crippen LogP contribution in [0.1, 0.15) is 12.0 Å². The van der Waals surface area contributed by atoms with Crippen molar-refractivity contribution in [2.24, 2.45) is 5.14 Å². The Morgan fingerprint density at radius 2 is 2.18 bits per heavy atom. The second-order valence-electron chi connectivity index (χ2n) is 3.12. The molecule has 0 radical (unpaired) electrons. The van der Waals surface area contributed by atoms with Crippen molar-refractivity contribution in [2.75, 3.05) is 11.3 Å². The van der Waals surface area contributed by atoms with Crippen molar-refractivity contribution in [3.05, 3.63) is 29.6 Å². The van der Waals surface area contributed by atoms with Crippen LogP contribution in [0.25, 0.3) is 0 Å². The fourth-order valence-electron chi connectivity index (χ4n) is 1.06. The van der Waals surface area contributed by atoms with Crippen molar-refractivity contribution in [2.45, 2.75) is 6.42 Å². The third-order valence-corrected chi connectivity index (χ3v) is 2.21. The Hall–Kier alpha value is -1.62. The molecule has 0 amide bonds. The summed E-state index contributed by atoms with van der Waals surface area (Å²) in [5, 5.41) is 13.2. The van der Waals surface area contributed by atoms with Crippen LogP contribution in [0.2, 0.25) is 0 Å². The summed E-state index contributed by atoms with van der Waals surface area (Å²) in [5.41, 5.74) is 0.149. The average molecular weight is 258 g/mol. The van der Waals surface area contributed by atoms with Gasteiger partial charge in [0, 0.05) is 6.42 Å². The number of hydrogen-bond acceptors (Lipinski definition) is 3. The lowest BCUT2D eigenvalue weighted by atomic mass is 10.2. The summed E-state index contributed by atoms with van der Waals surface area (Å²) in [6, 6.07) is 3.65. The lowest BCUT2D eigenvalue weighted by Crippen LogP contribution is -2.21. The molecule has 1 rings (SSSR count). The Balaban J connectivity index is 2.91. The molecule has 17 heavy (non-hydrogen) atoms. The zero-order valence-electron chi connectivity index (χ0n) is 8.77. The number of aliphatic hydroxyl groups is 1. The van der Waals surface area contributed by atoms with Gasteiger partial charge in [-0.05, 0) is 18.2 Å². The molecule has 1 aromatic rings. The minimum Gasteiger partial charge on any atom is -0.395 e. The predicted molar refractivity (Wildman–Crippen MR) is 61.7 cm³/mol. The van der Waals surface area contributed by atoms with Gasteiger partial charge in [0.1, 0.15) is 5.82 Å². The van der Waals surface area contributed by atoms with Gasteiger partial charge >= 0.3 is 0 Å². The molecule has 0 atom stereocenters. The zero-order valence-corrected chi connectivity index (χ0v) is 9.59. The van der Waals surface area contributed by atoms with Crippen LogP contribution in [0, 0.1) is 17.7 Å². The van der Waals surface area contributed by atoms with E-state index >= 15 is 0 Å². The Labute approximate surface area is 98.6 Å². The third kappa shape index (κ3) is 4.82. The summed E-state index contributed by atoms with van der Waals surface area (Å²) in [7, 11) is -3.91. The van der Waals surface area contributed by atoms with Crippen LogP contribution in [0.4, 0.5) is 10.1 Å². The number of halogens is 1. The van der Waals surface area contributed by atoms with E-state index < -0.39 is 16.0 Å². The maximum Gasteiger partial charge on any atom is 0.296 e. The van der Waals surface area contributed by atoms with Crippen LogP contribution in [-0.4, -0.2) is 20.1 Å². The summed E-state index contributed by atoms with van der Waals surface area (Å²) in [5.74, 6) is 4.40. The van der Waals surface area contributed by atoms with E-state index in [1.165, 1.54) is 12.1 Å². The highest BCUT2D eigenvalue weighted by molar-refractivity contribution is 7.90. The van der Waals surface area contributed by atoms with E-state index in [9.17, 15) is 12.8 Å². The van der Waals surface area contributed by atoms with Gasteiger partial charge in [-0.25, -0.2) is 9.53 Å². The molecule has 0 heterocycles. The number of hydrogen-bond donors (Lipinski definition) is 3. The standard InChI is InChI=1S/C10H11FN2O3S/c11-10-7-9(13-17(12,15)16)5-4-8(10)3-1-2-6-14/h4-5,7,13-14H,2,6H2,(H2,12,15,16). The monoisotopic (exact) mass is 258 g/mol. The Morgan fingerprint density at radius 1 is 1.47 bits per heavy atom. The quantitative estimate of drug-likeness (QED) is 0.675. The normalized spacial score (nSPS) is 10.5. The SMILES string of the molecule is NS(=O)(=O)Nc1ccc(C#CCCO)c(F)c1. The number of benzene rings is 1. The number of nitrogens with one attached hydrogen (secondary N) is 1. The molecular formula is C10H11FN2O3S. The van der Waals surface area contributed by atoms with Crippen molar-refractivity contribution in [1.29, 1.82) is 0 Å². The van der Waals surface area contributed by atoms with Crippen LogP contribution >= 0.6 is 0 Å². The van der Waals surface area contributed by atoms with E-state index in [2.05, 4.69) is 11.8 Å². The van der Waals surface area contributed by atoms with Crippen LogP contribution < -0.4 is 9.86 Å². The van der Waals surface area contributed by atoms with Gasteiger partial charge in [0.15, 0.2) is 0 Å². The number of anilines is 1. The van der Waals surface area contributed by atoms with Gasteiger partial charge in [-0.15, -0.1) is 0 Å². The Morgan fingerprint density at radius 3 is 2.71 bits per heavy atom. The summed E-state index contributed by atoms with van der Waals surface area (Å²) in [6.07, 6.45) is 0.247. The van der Waals surface area contributed by atoms with Crippen LogP contribution in [-0.2, 0) is 10.2 Å². The van der Waals surface area contributed by atoms with Gasteiger partial charge in [-0.1, -0.05) is 11.8 Å². The highest BCUT2D eigenvalue weighted by Crippen LogP contribution is 2.14. The Kier molecular flexibility index (Phi) is 4.45. The first-order valence-corrected chi connectivity index (χ1v) is 6.17. The van der Waals surface area contributed by atoms with Crippen molar-refractivity contribution < 1.29 is 17.9 Å². The van der Waals surface area contributed by atoms with Gasteiger partial charge in [-0.3, -0.25) is 4.72 Å². The maximum absolute atomic E-state index is 13.4. The van der Waals surface area contributed by atoms with Crippen LogP contribution in [0.15, 0.2) is 18.2 Å². The fourth-order valence-corrected chi connectivity index (χ4v) is 1.51. The first kappa shape index (κ1) is 13.4. The lowest BCUT2D eigenvalue weighted by molar-refractivity contribution is 0.305. The van der Waals surface area contributed by atoms with E-state index in [1.807, 2.05) is 4.72 Å². The molecular weight excluding hydrogens is 247 g/mol. The van der Waals surface area contributed by atoms with Gasteiger partial charge in [0.25, 0.3) is 10.2 Å². The minimum absolute atomic E-state index is 0.0257. The molecule has 5 nitrogen and oxygen atoms in total. The van der Waals surface area contributed by atoms with Crippen LogP contribution in [0.5, 0.6) is 0 Å². The molecule has 7 heteroatoms. The van der Waals surface area contributed by atoms with Crippen molar-refractivity contribution in [3.63, 3.8) is 0 Å². The molecule has 4 N–H and O–H groups in total. The third-order valence-electron chi connectivity index (χ3n) is 1.69. The van der Waals surface area contributed by atoms with Gasteiger partial charge in [-0.2, -0.15) is 8.42 Å². The van der Waals surface area contributed by atoms with Crippen molar-refractivity contribution in [3.8, 4) is 11.8 Å². The molecule has 0 aliphatic rings. The second-order valence-corrected chi connectivity index (χ2v) is 4.41. The molecule has 0 aromatic heterocycles. The van der Waals surface area contributed by atoms with Crippen molar-refractivity contribution in [1.82, 2.24) is 0 Å². The molecule has 0 aliphatic heterocycles. The first-order valence-electron chi connectivity index (χ1n) is 4.62. The first-order chi connectivity index (χ1) is 7.92. The van der Waals surface area contributed by atoms with Gasteiger partial charge < -0.3 is 5.11 Å². The molecule has 0 unspecified atom stereocenters. The van der Waals surface area contributed by atoms with E-state index in [4.69, 9.17) is 10.2 Å². The van der Waals surface area contributed by atoms with E-state index in [-0.39, 0.29) is 24.3 Å². The summed E-state index contributed by atoms with van der Waals surface area (Å²) >= 11 is 0. The summed E-state index contributed by atoms with van der Waals surface area (Å²) in [4.78, 5) is 0.